The molecule has 0 aliphatic heterocycles. The van der Waals surface area contributed by atoms with Gasteiger partial charge in [-0.3, -0.25) is 4.79 Å². The van der Waals surface area contributed by atoms with Gasteiger partial charge in [-0.25, -0.2) is 4.79 Å². The highest BCUT2D eigenvalue weighted by atomic mass is 127. The molecule has 0 unspecified atom stereocenters. The smallest absolute Gasteiger partial charge is 0.331 e. The van der Waals surface area contributed by atoms with Gasteiger partial charge in [0, 0.05) is 3.57 Å². The molecule has 0 saturated heterocycles. The summed E-state index contributed by atoms with van der Waals surface area (Å²) in [4.78, 5) is 23.3. The Kier molecular flexibility index (Phi) is 5.55. The molecule has 0 spiro atoms. The number of nitrogens with one attached hydrogen (secondary N) is 1. The summed E-state index contributed by atoms with van der Waals surface area (Å²) >= 11 is 1.99. The standard InChI is InChI=1S/C12H14INO5/c1-6(15)10(12(18)19-2)14-11(17)8-4-3-7(13)5-9(8)16/h3-6,10,15-16H,1-2H3,(H,14,17)/t6-,10+/m1/s1. The van der Waals surface area contributed by atoms with Crippen molar-refractivity contribution in [2.75, 3.05) is 7.11 Å². The second-order valence-corrected chi connectivity index (χ2v) is 5.12. The Hall–Kier alpha value is -1.35. The van der Waals surface area contributed by atoms with Gasteiger partial charge in [0.25, 0.3) is 5.91 Å². The summed E-state index contributed by atoms with van der Waals surface area (Å²) in [5.74, 6) is -1.61. The van der Waals surface area contributed by atoms with Crippen molar-refractivity contribution in [2.24, 2.45) is 0 Å². The van der Waals surface area contributed by atoms with Crippen molar-refractivity contribution in [1.29, 1.82) is 0 Å². The van der Waals surface area contributed by atoms with Crippen LogP contribution in [-0.2, 0) is 9.53 Å². The first-order valence-electron chi connectivity index (χ1n) is 5.42. The van der Waals surface area contributed by atoms with E-state index < -0.39 is 24.0 Å². The fraction of sp³-hybridized carbons (Fsp3) is 0.333. The van der Waals surface area contributed by atoms with Gasteiger partial charge < -0.3 is 20.3 Å². The number of aromatic hydroxyl groups is 1. The largest absolute Gasteiger partial charge is 0.507 e. The number of rotatable bonds is 4. The monoisotopic (exact) mass is 379 g/mol. The first-order valence-corrected chi connectivity index (χ1v) is 6.50. The van der Waals surface area contributed by atoms with E-state index in [4.69, 9.17) is 0 Å². The zero-order chi connectivity index (χ0) is 14.6. The van der Waals surface area contributed by atoms with Crippen molar-refractivity contribution in [3.8, 4) is 5.75 Å². The first kappa shape index (κ1) is 15.7. The van der Waals surface area contributed by atoms with E-state index in [0.717, 1.165) is 10.7 Å². The number of hydrogen-bond acceptors (Lipinski definition) is 5. The summed E-state index contributed by atoms with van der Waals surface area (Å²) in [7, 11) is 1.16. The zero-order valence-electron chi connectivity index (χ0n) is 10.4. The number of amides is 1. The number of ether oxygens (including phenoxy) is 1. The van der Waals surface area contributed by atoms with Crippen LogP contribution < -0.4 is 5.32 Å². The number of esters is 1. The van der Waals surface area contributed by atoms with Crippen LogP contribution in [0.4, 0.5) is 0 Å². The molecule has 3 N–H and O–H groups in total. The number of hydrogen-bond donors (Lipinski definition) is 3. The molecule has 0 aliphatic rings. The molecule has 0 saturated carbocycles. The third-order valence-corrected chi connectivity index (χ3v) is 3.10. The maximum Gasteiger partial charge on any atom is 0.331 e. The van der Waals surface area contributed by atoms with E-state index in [1.807, 2.05) is 22.6 Å². The normalized spacial score (nSPS) is 13.5. The molecule has 0 aliphatic carbocycles. The Bertz CT molecular complexity index is 489. The van der Waals surface area contributed by atoms with Crippen LogP contribution in [0.2, 0.25) is 0 Å². The maximum absolute atomic E-state index is 11.9. The molecule has 104 valence electrons. The summed E-state index contributed by atoms with van der Waals surface area (Å²) < 4.78 is 5.25. The summed E-state index contributed by atoms with van der Waals surface area (Å²) in [6.07, 6.45) is -1.11. The molecule has 2 atom stereocenters. The Morgan fingerprint density at radius 2 is 2.05 bits per heavy atom. The molecule has 19 heavy (non-hydrogen) atoms. The van der Waals surface area contributed by atoms with Crippen molar-refractivity contribution in [1.82, 2.24) is 5.32 Å². The fourth-order valence-electron chi connectivity index (χ4n) is 1.42. The second kappa shape index (κ2) is 6.71. The zero-order valence-corrected chi connectivity index (χ0v) is 12.5. The molecule has 0 fully saturated rings. The van der Waals surface area contributed by atoms with E-state index in [0.29, 0.717) is 0 Å². The molecule has 1 aromatic rings. The van der Waals surface area contributed by atoms with Crippen molar-refractivity contribution in [2.45, 2.75) is 19.1 Å². The summed E-state index contributed by atoms with van der Waals surface area (Å²) in [6.45, 7) is 1.36. The average molecular weight is 379 g/mol. The minimum atomic E-state index is -1.18. The van der Waals surface area contributed by atoms with Gasteiger partial charge in [0.15, 0.2) is 6.04 Å². The van der Waals surface area contributed by atoms with Gasteiger partial charge in [0.2, 0.25) is 0 Å². The highest BCUT2D eigenvalue weighted by molar-refractivity contribution is 14.1. The average Bonchev–Trinajstić information content (AvgIpc) is 2.34. The molecule has 0 bridgehead atoms. The van der Waals surface area contributed by atoms with E-state index in [2.05, 4.69) is 10.1 Å². The van der Waals surface area contributed by atoms with Gasteiger partial charge in [0.1, 0.15) is 5.75 Å². The van der Waals surface area contributed by atoms with Crippen LogP contribution in [0.25, 0.3) is 0 Å². The number of halogens is 1. The number of phenolic OH excluding ortho intramolecular Hbond substituents is 1. The van der Waals surface area contributed by atoms with Gasteiger partial charge in [-0.1, -0.05) is 0 Å². The number of methoxy groups -OCH3 is 1. The third-order valence-electron chi connectivity index (χ3n) is 2.43. The van der Waals surface area contributed by atoms with Crippen molar-refractivity contribution < 1.29 is 24.5 Å². The Morgan fingerprint density at radius 1 is 1.42 bits per heavy atom. The highest BCUT2D eigenvalue weighted by Crippen LogP contribution is 2.20. The van der Waals surface area contributed by atoms with E-state index in [9.17, 15) is 19.8 Å². The SMILES string of the molecule is COC(=O)[C@@H](NC(=O)c1ccc(I)cc1O)[C@@H](C)O. The van der Waals surface area contributed by atoms with Crippen molar-refractivity contribution in [3.63, 3.8) is 0 Å². The Balaban J connectivity index is 2.91. The third kappa shape index (κ3) is 4.06. The molecule has 0 aromatic heterocycles. The number of aliphatic hydroxyl groups is 1. The van der Waals surface area contributed by atoms with E-state index in [1.54, 1.807) is 6.07 Å². The molecule has 7 heteroatoms. The number of benzene rings is 1. The summed E-state index contributed by atoms with van der Waals surface area (Å²) in [5, 5.41) is 21.4. The lowest BCUT2D eigenvalue weighted by Gasteiger charge is -2.19. The predicted octanol–water partition coefficient (Wildman–Crippen LogP) is 0.649. The molecular weight excluding hydrogens is 365 g/mol. The lowest BCUT2D eigenvalue weighted by Crippen LogP contribution is -2.48. The molecule has 0 radical (unpaired) electrons. The first-order chi connectivity index (χ1) is 8.86. The molecule has 1 amide bonds. The van der Waals surface area contributed by atoms with Crippen LogP contribution in [0.5, 0.6) is 5.75 Å². The molecule has 1 rings (SSSR count). The molecular formula is C12H14INO5. The van der Waals surface area contributed by atoms with Gasteiger partial charge in [-0.2, -0.15) is 0 Å². The second-order valence-electron chi connectivity index (χ2n) is 3.88. The topological polar surface area (TPSA) is 95.9 Å². The maximum atomic E-state index is 11.9. The molecule has 6 nitrogen and oxygen atoms in total. The Morgan fingerprint density at radius 3 is 2.53 bits per heavy atom. The van der Waals surface area contributed by atoms with Crippen LogP contribution in [-0.4, -0.2) is 41.3 Å². The fourth-order valence-corrected chi connectivity index (χ4v) is 1.89. The minimum Gasteiger partial charge on any atom is -0.507 e. The van der Waals surface area contributed by atoms with E-state index in [-0.39, 0.29) is 11.3 Å². The van der Waals surface area contributed by atoms with Crippen LogP contribution >= 0.6 is 22.6 Å². The van der Waals surface area contributed by atoms with Gasteiger partial charge in [0.05, 0.1) is 18.8 Å². The van der Waals surface area contributed by atoms with Gasteiger partial charge in [-0.15, -0.1) is 0 Å². The van der Waals surface area contributed by atoms with E-state index >= 15 is 0 Å². The number of carbonyl (C=O) groups is 2. The number of phenols is 1. The van der Waals surface area contributed by atoms with Crippen LogP contribution in [0.1, 0.15) is 17.3 Å². The molecule has 1 aromatic carbocycles. The van der Waals surface area contributed by atoms with Gasteiger partial charge in [-0.05, 0) is 47.7 Å². The number of aliphatic hydroxyl groups excluding tert-OH is 1. The molecule has 0 heterocycles. The predicted molar refractivity (Wildman–Crippen MR) is 75.8 cm³/mol. The van der Waals surface area contributed by atoms with Crippen LogP contribution in [0.3, 0.4) is 0 Å². The quantitative estimate of drug-likeness (QED) is 0.528. The lowest BCUT2D eigenvalue weighted by atomic mass is 10.1. The number of carbonyl (C=O) groups excluding carboxylic acids is 2. The minimum absolute atomic E-state index is 0.0231. The lowest BCUT2D eigenvalue weighted by molar-refractivity contribution is -0.145. The van der Waals surface area contributed by atoms with Crippen molar-refractivity contribution >= 4 is 34.5 Å². The van der Waals surface area contributed by atoms with Crippen LogP contribution in [0.15, 0.2) is 18.2 Å². The van der Waals surface area contributed by atoms with Crippen LogP contribution in [0, 0.1) is 3.57 Å². The van der Waals surface area contributed by atoms with Gasteiger partial charge >= 0.3 is 5.97 Å². The van der Waals surface area contributed by atoms with E-state index in [1.165, 1.54) is 19.1 Å². The summed E-state index contributed by atoms with van der Waals surface area (Å²) in [5.41, 5.74) is 0.0231. The van der Waals surface area contributed by atoms with Crippen molar-refractivity contribution in [3.05, 3.63) is 27.3 Å². The summed E-state index contributed by atoms with van der Waals surface area (Å²) in [6, 6.07) is 3.31. The highest BCUT2D eigenvalue weighted by Gasteiger charge is 2.27. The Labute approximate surface area is 123 Å².